The Morgan fingerprint density at radius 1 is 1.44 bits per heavy atom. The van der Waals surface area contributed by atoms with E-state index in [-0.39, 0.29) is 5.69 Å². The molecule has 0 bridgehead atoms. The fourth-order valence-corrected chi connectivity index (χ4v) is 1.45. The molecular formula is C13H20N2O3. The smallest absolute Gasteiger partial charge is 0.356 e. The minimum Gasteiger partial charge on any atom is -0.476 e. The molecule has 0 aliphatic rings. The highest BCUT2D eigenvalue weighted by Gasteiger charge is 2.11. The molecule has 2 N–H and O–H groups in total. The Balaban J connectivity index is 2.61. The van der Waals surface area contributed by atoms with E-state index in [0.29, 0.717) is 24.1 Å². The molecule has 1 aromatic heterocycles. The maximum absolute atomic E-state index is 11.3. The Morgan fingerprint density at radius 2 is 2.17 bits per heavy atom. The Hall–Kier alpha value is -1.78. The molecule has 18 heavy (non-hydrogen) atoms. The summed E-state index contributed by atoms with van der Waals surface area (Å²) in [4.78, 5) is 15.4. The average molecular weight is 252 g/mol. The maximum atomic E-state index is 11.3. The van der Waals surface area contributed by atoms with Gasteiger partial charge in [-0.1, -0.05) is 13.8 Å². The zero-order valence-electron chi connectivity index (χ0n) is 11.1. The van der Waals surface area contributed by atoms with Gasteiger partial charge in [0.2, 0.25) is 5.88 Å². The number of methoxy groups -OCH3 is 1. The third-order valence-electron chi connectivity index (χ3n) is 2.45. The van der Waals surface area contributed by atoms with E-state index >= 15 is 0 Å². The van der Waals surface area contributed by atoms with Crippen molar-refractivity contribution in [2.45, 2.75) is 26.7 Å². The van der Waals surface area contributed by atoms with Gasteiger partial charge in [0, 0.05) is 0 Å². The molecule has 0 saturated carbocycles. The summed E-state index contributed by atoms with van der Waals surface area (Å²) in [6, 6.07) is 3.11. The number of rotatable bonds is 6. The molecule has 0 atom stereocenters. The first-order valence-electron chi connectivity index (χ1n) is 6.02. The van der Waals surface area contributed by atoms with Crippen LogP contribution < -0.4 is 10.5 Å². The number of ether oxygens (including phenoxy) is 2. The number of carbonyl (C=O) groups is 1. The Kier molecular flexibility index (Phi) is 5.42. The number of aromatic nitrogens is 1. The number of pyridine rings is 1. The second-order valence-corrected chi connectivity index (χ2v) is 4.47. The van der Waals surface area contributed by atoms with Crippen LogP contribution in [0.5, 0.6) is 5.88 Å². The quantitative estimate of drug-likeness (QED) is 0.621. The van der Waals surface area contributed by atoms with Gasteiger partial charge < -0.3 is 15.2 Å². The van der Waals surface area contributed by atoms with E-state index in [2.05, 4.69) is 23.6 Å². The minimum absolute atomic E-state index is 0.200. The van der Waals surface area contributed by atoms with Crippen molar-refractivity contribution in [3.8, 4) is 5.88 Å². The summed E-state index contributed by atoms with van der Waals surface area (Å²) in [6.45, 7) is 4.86. The predicted octanol–water partition coefficient (Wildman–Crippen LogP) is 2.27. The Bertz CT molecular complexity index is 405. The van der Waals surface area contributed by atoms with Gasteiger partial charge in [-0.25, -0.2) is 9.78 Å². The monoisotopic (exact) mass is 252 g/mol. The van der Waals surface area contributed by atoms with Crippen molar-refractivity contribution in [3.63, 3.8) is 0 Å². The highest BCUT2D eigenvalue weighted by molar-refractivity contribution is 5.87. The molecule has 0 amide bonds. The molecule has 0 saturated heterocycles. The first-order chi connectivity index (χ1) is 8.54. The lowest BCUT2D eigenvalue weighted by Gasteiger charge is -2.09. The predicted molar refractivity (Wildman–Crippen MR) is 69.6 cm³/mol. The molecule has 0 fully saturated rings. The van der Waals surface area contributed by atoms with Crippen LogP contribution in [-0.4, -0.2) is 24.7 Å². The van der Waals surface area contributed by atoms with Gasteiger partial charge >= 0.3 is 5.97 Å². The van der Waals surface area contributed by atoms with E-state index in [9.17, 15) is 4.79 Å². The van der Waals surface area contributed by atoms with Crippen molar-refractivity contribution in [1.29, 1.82) is 0 Å². The minimum atomic E-state index is -0.498. The molecule has 0 radical (unpaired) electrons. The number of nitrogen functional groups attached to an aromatic ring is 1. The van der Waals surface area contributed by atoms with Crippen LogP contribution in [0, 0.1) is 5.92 Å². The lowest BCUT2D eigenvalue weighted by atomic mass is 10.1. The van der Waals surface area contributed by atoms with Crippen molar-refractivity contribution in [3.05, 3.63) is 17.8 Å². The molecule has 0 aliphatic carbocycles. The van der Waals surface area contributed by atoms with E-state index in [1.165, 1.54) is 13.2 Å². The normalized spacial score (nSPS) is 10.4. The molecule has 100 valence electrons. The van der Waals surface area contributed by atoms with E-state index in [4.69, 9.17) is 10.5 Å². The van der Waals surface area contributed by atoms with Crippen LogP contribution in [0.25, 0.3) is 0 Å². The standard InChI is InChI=1S/C13H20N2O3/c1-9(2)5-4-8-18-12-10(14)6-7-11(15-12)13(16)17-3/h6-7,9H,4-5,8,14H2,1-3H3. The number of carbonyl (C=O) groups excluding carboxylic acids is 1. The third-order valence-corrected chi connectivity index (χ3v) is 2.45. The van der Waals surface area contributed by atoms with Gasteiger partial charge in [-0.2, -0.15) is 0 Å². The number of hydrogen-bond acceptors (Lipinski definition) is 5. The fraction of sp³-hybridized carbons (Fsp3) is 0.538. The van der Waals surface area contributed by atoms with Gasteiger partial charge in [0.05, 0.1) is 19.4 Å². The van der Waals surface area contributed by atoms with Gasteiger partial charge in [-0.3, -0.25) is 0 Å². The van der Waals surface area contributed by atoms with E-state index in [1.54, 1.807) is 6.07 Å². The van der Waals surface area contributed by atoms with Gasteiger partial charge in [-0.15, -0.1) is 0 Å². The second-order valence-electron chi connectivity index (χ2n) is 4.47. The SMILES string of the molecule is COC(=O)c1ccc(N)c(OCCCC(C)C)n1. The topological polar surface area (TPSA) is 74.4 Å². The van der Waals surface area contributed by atoms with Crippen LogP contribution in [0.4, 0.5) is 5.69 Å². The molecule has 1 aromatic rings. The van der Waals surface area contributed by atoms with Crippen molar-refractivity contribution in [2.24, 2.45) is 5.92 Å². The van der Waals surface area contributed by atoms with Gasteiger partial charge in [-0.05, 0) is 30.9 Å². The first kappa shape index (κ1) is 14.3. The van der Waals surface area contributed by atoms with Crippen LogP contribution in [-0.2, 0) is 4.74 Å². The zero-order valence-corrected chi connectivity index (χ0v) is 11.1. The Labute approximate surface area is 107 Å². The number of nitrogens with two attached hydrogens (primary N) is 1. The molecule has 1 heterocycles. The van der Waals surface area contributed by atoms with Gasteiger partial charge in [0.15, 0.2) is 5.69 Å². The summed E-state index contributed by atoms with van der Waals surface area (Å²) in [5.74, 6) is 0.434. The molecule has 0 unspecified atom stereocenters. The summed E-state index contributed by atoms with van der Waals surface area (Å²) in [5.41, 5.74) is 6.36. The zero-order chi connectivity index (χ0) is 13.5. The summed E-state index contributed by atoms with van der Waals surface area (Å²) >= 11 is 0. The highest BCUT2D eigenvalue weighted by atomic mass is 16.5. The molecule has 5 nitrogen and oxygen atoms in total. The lowest BCUT2D eigenvalue weighted by molar-refractivity contribution is 0.0593. The average Bonchev–Trinajstić information content (AvgIpc) is 2.35. The fourth-order valence-electron chi connectivity index (χ4n) is 1.45. The van der Waals surface area contributed by atoms with Crippen LogP contribution in [0.1, 0.15) is 37.2 Å². The van der Waals surface area contributed by atoms with Crippen LogP contribution in [0.2, 0.25) is 0 Å². The highest BCUT2D eigenvalue weighted by Crippen LogP contribution is 2.19. The van der Waals surface area contributed by atoms with Crippen LogP contribution in [0.3, 0.4) is 0 Å². The summed E-state index contributed by atoms with van der Waals surface area (Å²) in [5, 5.41) is 0. The van der Waals surface area contributed by atoms with Gasteiger partial charge in [0.25, 0.3) is 0 Å². The van der Waals surface area contributed by atoms with E-state index in [1.807, 2.05) is 0 Å². The van der Waals surface area contributed by atoms with Crippen LogP contribution in [0.15, 0.2) is 12.1 Å². The summed E-state index contributed by atoms with van der Waals surface area (Å²) < 4.78 is 10.1. The molecular weight excluding hydrogens is 232 g/mol. The Morgan fingerprint density at radius 3 is 2.78 bits per heavy atom. The van der Waals surface area contributed by atoms with Crippen LogP contribution >= 0.6 is 0 Å². The van der Waals surface area contributed by atoms with E-state index in [0.717, 1.165) is 12.8 Å². The van der Waals surface area contributed by atoms with Crippen molar-refractivity contribution < 1.29 is 14.3 Å². The van der Waals surface area contributed by atoms with Crippen molar-refractivity contribution in [2.75, 3.05) is 19.5 Å². The number of hydrogen-bond donors (Lipinski definition) is 1. The maximum Gasteiger partial charge on any atom is 0.356 e. The third kappa shape index (κ3) is 4.24. The van der Waals surface area contributed by atoms with Crippen molar-refractivity contribution >= 4 is 11.7 Å². The summed E-state index contributed by atoms with van der Waals surface area (Å²) in [6.07, 6.45) is 2.01. The lowest BCUT2D eigenvalue weighted by Crippen LogP contribution is -2.09. The number of nitrogens with zero attached hydrogens (tertiary/aromatic N) is 1. The van der Waals surface area contributed by atoms with Gasteiger partial charge in [0.1, 0.15) is 0 Å². The number of anilines is 1. The van der Waals surface area contributed by atoms with Crippen molar-refractivity contribution in [1.82, 2.24) is 4.98 Å². The molecule has 1 rings (SSSR count). The van der Waals surface area contributed by atoms with E-state index < -0.39 is 5.97 Å². The second kappa shape index (κ2) is 6.83. The molecule has 0 spiro atoms. The molecule has 5 heteroatoms. The first-order valence-corrected chi connectivity index (χ1v) is 6.02. The summed E-state index contributed by atoms with van der Waals surface area (Å²) in [7, 11) is 1.31. The largest absolute Gasteiger partial charge is 0.476 e. The number of esters is 1. The molecule has 0 aromatic carbocycles. The molecule has 0 aliphatic heterocycles.